The SMILES string of the molecule is CC(C)(C)c1ccccc1NCC(O)COC1CCCC1. The molecule has 118 valence electrons. The standard InChI is InChI=1S/C18H29NO2/c1-18(2,3)16-10-6-7-11-17(16)19-12-14(20)13-21-15-8-4-5-9-15/h6-7,10-11,14-15,19-20H,4-5,8-9,12-13H2,1-3H3. The van der Waals surface area contributed by atoms with Crippen molar-refractivity contribution in [2.24, 2.45) is 0 Å². The van der Waals surface area contributed by atoms with Crippen molar-refractivity contribution in [3.8, 4) is 0 Å². The van der Waals surface area contributed by atoms with Gasteiger partial charge in [0.05, 0.1) is 18.8 Å². The van der Waals surface area contributed by atoms with Crippen molar-refractivity contribution >= 4 is 5.69 Å². The first-order valence-electron chi connectivity index (χ1n) is 8.10. The normalized spacial score (nSPS) is 17.9. The minimum absolute atomic E-state index is 0.0922. The number of nitrogens with one attached hydrogen (secondary N) is 1. The number of hydrogen-bond acceptors (Lipinski definition) is 3. The van der Waals surface area contributed by atoms with Crippen molar-refractivity contribution in [2.45, 2.75) is 64.1 Å². The summed E-state index contributed by atoms with van der Waals surface area (Å²) in [6, 6.07) is 8.30. The van der Waals surface area contributed by atoms with Crippen LogP contribution in [0.5, 0.6) is 0 Å². The zero-order valence-electron chi connectivity index (χ0n) is 13.6. The Morgan fingerprint density at radius 2 is 1.90 bits per heavy atom. The molecule has 2 N–H and O–H groups in total. The largest absolute Gasteiger partial charge is 0.389 e. The fourth-order valence-electron chi connectivity index (χ4n) is 2.88. The van der Waals surface area contributed by atoms with Crippen LogP contribution in [0.4, 0.5) is 5.69 Å². The molecular weight excluding hydrogens is 262 g/mol. The summed E-state index contributed by atoms with van der Waals surface area (Å²) in [6.45, 7) is 7.56. The van der Waals surface area contributed by atoms with E-state index in [-0.39, 0.29) is 5.41 Å². The fraction of sp³-hybridized carbons (Fsp3) is 0.667. The van der Waals surface area contributed by atoms with E-state index in [1.165, 1.54) is 18.4 Å². The number of aliphatic hydroxyl groups is 1. The zero-order chi connectivity index (χ0) is 15.3. The second-order valence-corrected chi connectivity index (χ2v) is 7.07. The van der Waals surface area contributed by atoms with E-state index in [1.807, 2.05) is 6.07 Å². The lowest BCUT2D eigenvalue weighted by Crippen LogP contribution is -2.28. The van der Waals surface area contributed by atoms with Crippen LogP contribution in [0.15, 0.2) is 24.3 Å². The van der Waals surface area contributed by atoms with Crippen molar-refractivity contribution in [2.75, 3.05) is 18.5 Å². The van der Waals surface area contributed by atoms with Crippen LogP contribution in [0, 0.1) is 0 Å². The smallest absolute Gasteiger partial charge is 0.0945 e. The molecule has 1 fully saturated rings. The van der Waals surface area contributed by atoms with Crippen LogP contribution >= 0.6 is 0 Å². The molecule has 0 amide bonds. The van der Waals surface area contributed by atoms with E-state index in [0.29, 0.717) is 19.3 Å². The summed E-state index contributed by atoms with van der Waals surface area (Å²) < 4.78 is 5.76. The molecule has 0 aliphatic heterocycles. The lowest BCUT2D eigenvalue weighted by atomic mass is 9.86. The number of hydrogen-bond donors (Lipinski definition) is 2. The van der Waals surface area contributed by atoms with E-state index in [9.17, 15) is 5.11 Å². The molecule has 1 atom stereocenters. The second-order valence-electron chi connectivity index (χ2n) is 7.07. The summed E-state index contributed by atoms with van der Waals surface area (Å²) in [5.41, 5.74) is 2.47. The van der Waals surface area contributed by atoms with Gasteiger partial charge in [0, 0.05) is 12.2 Å². The van der Waals surface area contributed by atoms with E-state index in [1.54, 1.807) is 0 Å². The predicted molar refractivity (Wildman–Crippen MR) is 87.8 cm³/mol. The van der Waals surface area contributed by atoms with Gasteiger partial charge >= 0.3 is 0 Å². The van der Waals surface area contributed by atoms with Crippen LogP contribution in [0.1, 0.15) is 52.0 Å². The first kappa shape index (κ1) is 16.3. The van der Waals surface area contributed by atoms with Crippen molar-refractivity contribution in [3.63, 3.8) is 0 Å². The molecule has 1 unspecified atom stereocenters. The second kappa shape index (κ2) is 7.28. The van der Waals surface area contributed by atoms with Gasteiger partial charge in [0.25, 0.3) is 0 Å². The summed E-state index contributed by atoms with van der Waals surface area (Å²) in [7, 11) is 0. The molecule has 0 spiro atoms. The number of aliphatic hydroxyl groups excluding tert-OH is 1. The average Bonchev–Trinajstić information content (AvgIpc) is 2.95. The van der Waals surface area contributed by atoms with Gasteiger partial charge < -0.3 is 15.2 Å². The Morgan fingerprint density at radius 3 is 2.57 bits per heavy atom. The van der Waals surface area contributed by atoms with Crippen LogP contribution < -0.4 is 5.32 Å². The van der Waals surface area contributed by atoms with Crippen LogP contribution in [0.3, 0.4) is 0 Å². The maximum absolute atomic E-state index is 10.1. The van der Waals surface area contributed by atoms with Gasteiger partial charge in [-0.05, 0) is 29.9 Å². The maximum Gasteiger partial charge on any atom is 0.0945 e. The minimum Gasteiger partial charge on any atom is -0.389 e. The molecule has 0 heterocycles. The molecule has 1 aromatic rings. The lowest BCUT2D eigenvalue weighted by molar-refractivity contribution is -0.00118. The number of rotatable bonds is 6. The Balaban J connectivity index is 1.82. The molecule has 1 aromatic carbocycles. The molecule has 0 radical (unpaired) electrons. The molecule has 0 saturated heterocycles. The number of benzene rings is 1. The molecule has 0 aromatic heterocycles. The van der Waals surface area contributed by atoms with Gasteiger partial charge in [-0.25, -0.2) is 0 Å². The predicted octanol–water partition coefficient (Wildman–Crippen LogP) is 3.72. The summed E-state index contributed by atoms with van der Waals surface area (Å²) in [6.07, 6.45) is 4.72. The summed E-state index contributed by atoms with van der Waals surface area (Å²) >= 11 is 0. The Bertz CT molecular complexity index is 433. The first-order valence-corrected chi connectivity index (χ1v) is 8.10. The van der Waals surface area contributed by atoms with Gasteiger partial charge in [-0.15, -0.1) is 0 Å². The monoisotopic (exact) mass is 291 g/mol. The molecule has 1 aliphatic rings. The fourth-order valence-corrected chi connectivity index (χ4v) is 2.88. The summed E-state index contributed by atoms with van der Waals surface area (Å²) in [4.78, 5) is 0. The van der Waals surface area contributed by atoms with E-state index in [2.05, 4.69) is 44.3 Å². The Hall–Kier alpha value is -1.06. The summed E-state index contributed by atoms with van der Waals surface area (Å²) in [5, 5.41) is 13.4. The van der Waals surface area contributed by atoms with Gasteiger partial charge in [-0.3, -0.25) is 0 Å². The molecule has 2 rings (SSSR count). The van der Waals surface area contributed by atoms with Crippen molar-refractivity contribution in [1.29, 1.82) is 0 Å². The number of ether oxygens (including phenoxy) is 1. The molecule has 1 aliphatic carbocycles. The Kier molecular flexibility index (Phi) is 5.65. The molecule has 1 saturated carbocycles. The van der Waals surface area contributed by atoms with Crippen molar-refractivity contribution in [3.05, 3.63) is 29.8 Å². The highest BCUT2D eigenvalue weighted by Gasteiger charge is 2.19. The number of anilines is 1. The van der Waals surface area contributed by atoms with Crippen molar-refractivity contribution in [1.82, 2.24) is 0 Å². The molecular formula is C18H29NO2. The molecule has 3 heteroatoms. The third-order valence-corrected chi connectivity index (χ3v) is 4.09. The summed E-state index contributed by atoms with van der Waals surface area (Å²) in [5.74, 6) is 0. The zero-order valence-corrected chi connectivity index (χ0v) is 13.6. The Labute approximate surface area is 128 Å². The van der Waals surface area contributed by atoms with E-state index in [4.69, 9.17) is 4.74 Å². The van der Waals surface area contributed by atoms with E-state index in [0.717, 1.165) is 18.5 Å². The highest BCUT2D eigenvalue weighted by molar-refractivity contribution is 5.54. The van der Waals surface area contributed by atoms with Gasteiger partial charge in [-0.2, -0.15) is 0 Å². The quantitative estimate of drug-likeness (QED) is 0.839. The van der Waals surface area contributed by atoms with Gasteiger partial charge in [-0.1, -0.05) is 51.8 Å². The highest BCUT2D eigenvalue weighted by Crippen LogP contribution is 2.29. The molecule has 0 bridgehead atoms. The molecule has 3 nitrogen and oxygen atoms in total. The van der Waals surface area contributed by atoms with Crippen LogP contribution in [0.2, 0.25) is 0 Å². The number of para-hydroxylation sites is 1. The Morgan fingerprint density at radius 1 is 1.24 bits per heavy atom. The molecule has 21 heavy (non-hydrogen) atoms. The first-order chi connectivity index (χ1) is 9.97. The van der Waals surface area contributed by atoms with Crippen LogP contribution in [0.25, 0.3) is 0 Å². The average molecular weight is 291 g/mol. The highest BCUT2D eigenvalue weighted by atomic mass is 16.5. The topological polar surface area (TPSA) is 41.5 Å². The third-order valence-electron chi connectivity index (χ3n) is 4.09. The van der Waals surface area contributed by atoms with Gasteiger partial charge in [0.1, 0.15) is 0 Å². The third kappa shape index (κ3) is 5.01. The minimum atomic E-state index is -0.460. The van der Waals surface area contributed by atoms with Crippen LogP contribution in [-0.4, -0.2) is 30.5 Å². The van der Waals surface area contributed by atoms with E-state index < -0.39 is 6.10 Å². The lowest BCUT2D eigenvalue weighted by Gasteiger charge is -2.24. The van der Waals surface area contributed by atoms with E-state index >= 15 is 0 Å². The van der Waals surface area contributed by atoms with Gasteiger partial charge in [0.15, 0.2) is 0 Å². The van der Waals surface area contributed by atoms with Crippen molar-refractivity contribution < 1.29 is 9.84 Å². The van der Waals surface area contributed by atoms with Gasteiger partial charge in [0.2, 0.25) is 0 Å². The van der Waals surface area contributed by atoms with Crippen LogP contribution in [-0.2, 0) is 10.2 Å². The maximum atomic E-state index is 10.1.